The number of imidazole rings is 1. The molecule has 154 valence electrons. The number of ether oxygens (including phenoxy) is 1. The predicted molar refractivity (Wildman–Crippen MR) is 109 cm³/mol. The van der Waals surface area contributed by atoms with Gasteiger partial charge in [0.1, 0.15) is 17.7 Å². The van der Waals surface area contributed by atoms with Crippen molar-refractivity contribution in [2.24, 2.45) is 0 Å². The molecule has 0 spiro atoms. The number of aliphatic carboxylic acids is 1. The van der Waals surface area contributed by atoms with Crippen LogP contribution in [0.3, 0.4) is 0 Å². The number of nitrogens with zero attached hydrogens (tertiary/aromatic N) is 2. The molecule has 1 aromatic carbocycles. The van der Waals surface area contributed by atoms with Gasteiger partial charge in [-0.1, -0.05) is 38.8 Å². The Morgan fingerprint density at radius 1 is 1.25 bits per heavy atom. The van der Waals surface area contributed by atoms with Gasteiger partial charge >= 0.3 is 5.97 Å². The third-order valence-corrected chi connectivity index (χ3v) is 4.97. The zero-order chi connectivity index (χ0) is 20.5. The molecule has 0 aliphatic rings. The van der Waals surface area contributed by atoms with Crippen LogP contribution in [0.1, 0.15) is 68.7 Å². The van der Waals surface area contributed by atoms with E-state index < -0.39 is 5.97 Å². The number of hydrogen-bond acceptors (Lipinski definition) is 4. The smallest absolute Gasteiger partial charge is 0.307 e. The molecule has 7 heteroatoms. The van der Waals surface area contributed by atoms with Crippen LogP contribution >= 0.6 is 11.8 Å². The molecule has 0 amide bonds. The van der Waals surface area contributed by atoms with Gasteiger partial charge in [-0.2, -0.15) is 0 Å². The van der Waals surface area contributed by atoms with Crippen molar-refractivity contribution in [1.29, 1.82) is 0 Å². The third kappa shape index (κ3) is 6.24. The van der Waals surface area contributed by atoms with Crippen LogP contribution in [0.5, 0.6) is 5.75 Å². The van der Waals surface area contributed by atoms with E-state index in [2.05, 4.69) is 11.9 Å². The van der Waals surface area contributed by atoms with Crippen molar-refractivity contribution in [2.75, 3.05) is 0 Å². The predicted octanol–water partition coefficient (Wildman–Crippen LogP) is 4.33. The molecule has 0 saturated heterocycles. The van der Waals surface area contributed by atoms with Crippen LogP contribution in [0.2, 0.25) is 0 Å². The fourth-order valence-corrected chi connectivity index (χ4v) is 3.39. The number of aliphatic hydroxyl groups is 1. The highest BCUT2D eigenvalue weighted by Gasteiger charge is 2.17. The summed E-state index contributed by atoms with van der Waals surface area (Å²) < 4.78 is 7.39. The first-order valence-corrected chi connectivity index (χ1v) is 10.2. The summed E-state index contributed by atoms with van der Waals surface area (Å²) in [6, 6.07) is 7.53. The van der Waals surface area contributed by atoms with Crippen molar-refractivity contribution in [3.63, 3.8) is 0 Å². The van der Waals surface area contributed by atoms with Gasteiger partial charge in [-0.25, -0.2) is 9.07 Å². The van der Waals surface area contributed by atoms with Crippen LogP contribution in [0.25, 0.3) is 0 Å². The lowest BCUT2D eigenvalue weighted by Gasteiger charge is -2.17. The Bertz CT molecular complexity index is 759. The number of benzene rings is 1. The second-order valence-electron chi connectivity index (χ2n) is 6.91. The molecule has 0 fully saturated rings. The summed E-state index contributed by atoms with van der Waals surface area (Å²) in [6.07, 6.45) is 4.58. The quantitative estimate of drug-likeness (QED) is 0.546. The van der Waals surface area contributed by atoms with E-state index in [0.29, 0.717) is 24.3 Å². The lowest BCUT2D eigenvalue weighted by molar-refractivity contribution is -0.138. The maximum Gasteiger partial charge on any atom is 0.307 e. The van der Waals surface area contributed by atoms with E-state index in [1.54, 1.807) is 4.09 Å². The van der Waals surface area contributed by atoms with Crippen molar-refractivity contribution in [2.45, 2.75) is 71.5 Å². The van der Waals surface area contributed by atoms with Gasteiger partial charge in [0.2, 0.25) is 0 Å². The third-order valence-electron chi connectivity index (χ3n) is 4.58. The summed E-state index contributed by atoms with van der Waals surface area (Å²) in [5.41, 5.74) is 2.40. The van der Waals surface area contributed by atoms with E-state index in [1.807, 2.05) is 31.2 Å². The van der Waals surface area contributed by atoms with Crippen LogP contribution in [0.15, 0.2) is 24.3 Å². The molecular formula is C21H29ClN2O4. The number of halogens is 1. The highest BCUT2D eigenvalue weighted by molar-refractivity contribution is 6.16. The highest BCUT2D eigenvalue weighted by Crippen LogP contribution is 2.22. The van der Waals surface area contributed by atoms with Gasteiger partial charge in [-0.3, -0.25) is 4.79 Å². The van der Waals surface area contributed by atoms with Gasteiger partial charge in [-0.15, -0.1) is 0 Å². The number of carbonyl (C=O) groups is 1. The minimum Gasteiger partial charge on any atom is -0.490 e. The fourth-order valence-electron chi connectivity index (χ4n) is 3.11. The highest BCUT2D eigenvalue weighted by atomic mass is 35.5. The SMILES string of the molecule is CCCCc1nc(CO)c(Cc2ccc(OC(CCC)CC(=O)O)cc2)n1Cl. The number of aliphatic hydroxyl groups excluding tert-OH is 1. The summed E-state index contributed by atoms with van der Waals surface area (Å²) in [6.45, 7) is 3.97. The Kier molecular flexibility index (Phi) is 8.80. The van der Waals surface area contributed by atoms with E-state index in [4.69, 9.17) is 21.6 Å². The van der Waals surface area contributed by atoms with E-state index >= 15 is 0 Å². The first kappa shape index (κ1) is 22.2. The summed E-state index contributed by atoms with van der Waals surface area (Å²) in [5, 5.41) is 18.6. The zero-order valence-corrected chi connectivity index (χ0v) is 17.3. The van der Waals surface area contributed by atoms with Gasteiger partial charge in [0.15, 0.2) is 0 Å². The standard InChI is InChI=1S/C21H29ClN2O4/c1-3-5-7-20-23-18(14-25)19(24(20)22)12-15-8-10-16(11-9-15)28-17(6-4-2)13-21(26)27/h8-11,17,25H,3-7,12-14H2,1-2H3,(H,26,27). The molecular weight excluding hydrogens is 380 g/mol. The molecule has 0 saturated carbocycles. The van der Waals surface area contributed by atoms with Crippen molar-refractivity contribution in [3.05, 3.63) is 47.0 Å². The Morgan fingerprint density at radius 2 is 1.96 bits per heavy atom. The molecule has 0 radical (unpaired) electrons. The molecule has 1 aromatic heterocycles. The largest absolute Gasteiger partial charge is 0.490 e. The zero-order valence-electron chi connectivity index (χ0n) is 16.5. The van der Waals surface area contributed by atoms with Crippen LogP contribution in [0, 0.1) is 0 Å². The van der Waals surface area contributed by atoms with Gasteiger partial charge in [0, 0.05) is 24.6 Å². The van der Waals surface area contributed by atoms with E-state index in [-0.39, 0.29) is 19.1 Å². The normalized spacial score (nSPS) is 12.1. The molecule has 0 bridgehead atoms. The first-order chi connectivity index (χ1) is 13.5. The molecule has 28 heavy (non-hydrogen) atoms. The summed E-state index contributed by atoms with van der Waals surface area (Å²) in [7, 11) is 0. The van der Waals surface area contributed by atoms with Crippen molar-refractivity contribution in [3.8, 4) is 5.75 Å². The Labute approximate surface area is 171 Å². The molecule has 1 heterocycles. The Hall–Kier alpha value is -2.05. The van der Waals surface area contributed by atoms with Gasteiger partial charge < -0.3 is 14.9 Å². The summed E-state index contributed by atoms with van der Waals surface area (Å²) >= 11 is 6.44. The van der Waals surface area contributed by atoms with Crippen molar-refractivity contribution in [1.82, 2.24) is 9.07 Å². The Balaban J connectivity index is 2.09. The van der Waals surface area contributed by atoms with Gasteiger partial charge in [0.05, 0.1) is 24.4 Å². The molecule has 0 aliphatic heterocycles. The first-order valence-electron chi connectivity index (χ1n) is 9.82. The summed E-state index contributed by atoms with van der Waals surface area (Å²) in [4.78, 5) is 15.4. The minimum atomic E-state index is -0.860. The van der Waals surface area contributed by atoms with E-state index in [0.717, 1.165) is 42.8 Å². The number of aryl methyl sites for hydroxylation is 1. The fraction of sp³-hybridized carbons (Fsp3) is 0.524. The Morgan fingerprint density at radius 3 is 2.54 bits per heavy atom. The molecule has 0 aliphatic carbocycles. The molecule has 1 atom stereocenters. The average Bonchev–Trinajstić information content (AvgIpc) is 2.96. The van der Waals surface area contributed by atoms with Gasteiger partial charge in [-0.05, 0) is 30.5 Å². The number of hydrogen-bond donors (Lipinski definition) is 2. The van der Waals surface area contributed by atoms with Crippen LogP contribution < -0.4 is 4.74 Å². The molecule has 2 aromatic rings. The topological polar surface area (TPSA) is 84.6 Å². The van der Waals surface area contributed by atoms with Gasteiger partial charge in [0.25, 0.3) is 0 Å². The monoisotopic (exact) mass is 408 g/mol. The number of carboxylic acid groups (broad SMARTS) is 1. The lowest BCUT2D eigenvalue weighted by Crippen LogP contribution is -2.20. The molecule has 1 unspecified atom stereocenters. The number of rotatable bonds is 12. The van der Waals surface area contributed by atoms with Crippen molar-refractivity contribution >= 4 is 17.7 Å². The molecule has 2 N–H and O–H groups in total. The number of unbranched alkanes of at least 4 members (excludes halogenated alkanes) is 1. The van der Waals surface area contributed by atoms with E-state index in [1.165, 1.54) is 0 Å². The second kappa shape index (κ2) is 11.1. The van der Waals surface area contributed by atoms with Crippen molar-refractivity contribution < 1.29 is 19.7 Å². The molecule has 6 nitrogen and oxygen atoms in total. The second-order valence-corrected chi connectivity index (χ2v) is 7.25. The molecule has 2 rings (SSSR count). The van der Waals surface area contributed by atoms with Crippen LogP contribution in [0.4, 0.5) is 0 Å². The van der Waals surface area contributed by atoms with E-state index in [9.17, 15) is 9.90 Å². The number of aromatic nitrogens is 2. The number of carboxylic acids is 1. The average molecular weight is 409 g/mol. The van der Waals surface area contributed by atoms with Crippen LogP contribution in [-0.2, 0) is 24.2 Å². The maximum absolute atomic E-state index is 11.0. The summed E-state index contributed by atoms with van der Waals surface area (Å²) in [5.74, 6) is 0.563. The maximum atomic E-state index is 11.0. The van der Waals surface area contributed by atoms with Crippen LogP contribution in [-0.4, -0.2) is 31.4 Å². The lowest BCUT2D eigenvalue weighted by atomic mass is 10.1. The minimum absolute atomic E-state index is 0.0125.